The molecule has 7 heteroatoms. The van der Waals surface area contributed by atoms with E-state index < -0.39 is 13.0 Å². The molecule has 4 nitrogen and oxygen atoms in total. The molecule has 0 bridgehead atoms. The van der Waals surface area contributed by atoms with Crippen LogP contribution in [0.2, 0.25) is 0 Å². The summed E-state index contributed by atoms with van der Waals surface area (Å²) in [7, 11) is 0. The van der Waals surface area contributed by atoms with Gasteiger partial charge in [0, 0.05) is 13.0 Å². The standard InChI is InChI=1S/C14H22F2IN3O/c1-4-6-18-14-12(17)13(9(2)3)19-11(20-14)5-7-21-8-10(15)16/h9-10H,4-8H2,1-3H3,(H,18,19,20). The smallest absolute Gasteiger partial charge is 0.261 e. The number of hydrogen-bond acceptors (Lipinski definition) is 4. The van der Waals surface area contributed by atoms with Crippen molar-refractivity contribution in [2.45, 2.75) is 46.0 Å². The van der Waals surface area contributed by atoms with E-state index in [4.69, 9.17) is 4.74 Å². The Hall–Kier alpha value is -0.570. The zero-order valence-electron chi connectivity index (χ0n) is 12.6. The summed E-state index contributed by atoms with van der Waals surface area (Å²) in [6, 6.07) is 0. The van der Waals surface area contributed by atoms with E-state index in [1.54, 1.807) is 0 Å². The van der Waals surface area contributed by atoms with Crippen molar-refractivity contribution in [1.82, 2.24) is 9.97 Å². The highest BCUT2D eigenvalue weighted by molar-refractivity contribution is 14.1. The molecule has 0 aliphatic rings. The fraction of sp³-hybridized carbons (Fsp3) is 0.714. The van der Waals surface area contributed by atoms with Crippen molar-refractivity contribution in [3.8, 4) is 0 Å². The first-order chi connectivity index (χ1) is 9.95. The molecule has 1 rings (SSSR count). The third-order valence-corrected chi connectivity index (χ3v) is 3.79. The number of halogens is 3. The molecular formula is C14H22F2IN3O. The molecule has 1 aromatic rings. The van der Waals surface area contributed by atoms with Gasteiger partial charge in [-0.1, -0.05) is 20.8 Å². The number of ether oxygens (including phenoxy) is 1. The Labute approximate surface area is 138 Å². The molecule has 1 heterocycles. The number of alkyl halides is 2. The van der Waals surface area contributed by atoms with Crippen LogP contribution in [0.25, 0.3) is 0 Å². The van der Waals surface area contributed by atoms with Gasteiger partial charge in [0.2, 0.25) is 0 Å². The Kier molecular flexibility index (Phi) is 8.31. The molecule has 0 radical (unpaired) electrons. The van der Waals surface area contributed by atoms with E-state index in [9.17, 15) is 8.78 Å². The lowest BCUT2D eigenvalue weighted by Gasteiger charge is -2.14. The molecule has 0 aliphatic heterocycles. The predicted octanol–water partition coefficient (Wildman–Crippen LogP) is 3.85. The van der Waals surface area contributed by atoms with Crippen LogP contribution in [0.1, 0.15) is 44.6 Å². The van der Waals surface area contributed by atoms with Gasteiger partial charge in [0.25, 0.3) is 6.43 Å². The second-order valence-electron chi connectivity index (χ2n) is 4.99. The zero-order chi connectivity index (χ0) is 15.8. The average Bonchev–Trinajstić information content (AvgIpc) is 2.42. The molecule has 1 N–H and O–H groups in total. The minimum Gasteiger partial charge on any atom is -0.375 e. The van der Waals surface area contributed by atoms with Crippen molar-refractivity contribution in [3.05, 3.63) is 15.1 Å². The first kappa shape index (κ1) is 18.5. The molecule has 0 unspecified atom stereocenters. The maximum atomic E-state index is 12.0. The van der Waals surface area contributed by atoms with E-state index >= 15 is 0 Å². The molecule has 21 heavy (non-hydrogen) atoms. The number of nitrogens with zero attached hydrogens (tertiary/aromatic N) is 2. The summed E-state index contributed by atoms with van der Waals surface area (Å²) in [6.45, 7) is 6.74. The average molecular weight is 413 g/mol. The van der Waals surface area contributed by atoms with Gasteiger partial charge >= 0.3 is 0 Å². The Bertz CT molecular complexity index is 444. The van der Waals surface area contributed by atoms with Crippen LogP contribution in [0, 0.1) is 3.57 Å². The third-order valence-electron chi connectivity index (χ3n) is 2.73. The van der Waals surface area contributed by atoms with Gasteiger partial charge in [-0.15, -0.1) is 0 Å². The second kappa shape index (κ2) is 9.45. The van der Waals surface area contributed by atoms with E-state index in [0.717, 1.165) is 28.0 Å². The van der Waals surface area contributed by atoms with Gasteiger partial charge in [0.1, 0.15) is 18.2 Å². The lowest BCUT2D eigenvalue weighted by atomic mass is 10.1. The molecule has 0 spiro atoms. The Morgan fingerprint density at radius 1 is 1.29 bits per heavy atom. The number of anilines is 1. The summed E-state index contributed by atoms with van der Waals surface area (Å²) in [6.07, 6.45) is -0.996. The van der Waals surface area contributed by atoms with Gasteiger partial charge in [-0.25, -0.2) is 18.7 Å². The molecule has 0 aromatic carbocycles. The summed E-state index contributed by atoms with van der Waals surface area (Å²) in [5.41, 5.74) is 0.980. The highest BCUT2D eigenvalue weighted by Crippen LogP contribution is 2.25. The number of aromatic nitrogens is 2. The molecule has 0 aliphatic carbocycles. The monoisotopic (exact) mass is 413 g/mol. The van der Waals surface area contributed by atoms with Crippen LogP contribution in [-0.4, -0.2) is 36.2 Å². The van der Waals surface area contributed by atoms with E-state index in [1.165, 1.54) is 0 Å². The predicted molar refractivity (Wildman–Crippen MR) is 88.1 cm³/mol. The zero-order valence-corrected chi connectivity index (χ0v) is 14.8. The number of rotatable bonds is 9. The fourth-order valence-electron chi connectivity index (χ4n) is 1.70. The third kappa shape index (κ3) is 6.37. The van der Waals surface area contributed by atoms with Crippen molar-refractivity contribution in [2.24, 2.45) is 0 Å². The lowest BCUT2D eigenvalue weighted by Crippen LogP contribution is -2.14. The topological polar surface area (TPSA) is 47.0 Å². The van der Waals surface area contributed by atoms with Crippen molar-refractivity contribution >= 4 is 28.4 Å². The first-order valence-corrected chi connectivity index (χ1v) is 8.19. The Balaban J connectivity index is 2.80. The van der Waals surface area contributed by atoms with Crippen molar-refractivity contribution in [3.63, 3.8) is 0 Å². The summed E-state index contributed by atoms with van der Waals surface area (Å²) in [5, 5.41) is 3.29. The molecule has 1 aromatic heterocycles. The number of hydrogen-bond donors (Lipinski definition) is 1. The van der Waals surface area contributed by atoms with E-state index in [2.05, 4.69) is 58.6 Å². The van der Waals surface area contributed by atoms with Gasteiger partial charge in [0.05, 0.1) is 15.9 Å². The molecule has 0 atom stereocenters. The maximum absolute atomic E-state index is 12.0. The van der Waals surface area contributed by atoms with Crippen LogP contribution in [0.5, 0.6) is 0 Å². The minimum atomic E-state index is -2.43. The van der Waals surface area contributed by atoms with E-state index in [-0.39, 0.29) is 12.5 Å². The summed E-state index contributed by atoms with van der Waals surface area (Å²) >= 11 is 2.25. The van der Waals surface area contributed by atoms with Gasteiger partial charge in [-0.05, 0) is 34.9 Å². The highest BCUT2D eigenvalue weighted by Gasteiger charge is 2.14. The summed E-state index contributed by atoms with van der Waals surface area (Å²) < 4.78 is 30.0. The van der Waals surface area contributed by atoms with Crippen LogP contribution in [0.15, 0.2) is 0 Å². The van der Waals surface area contributed by atoms with Crippen LogP contribution >= 0.6 is 22.6 Å². The molecule has 0 amide bonds. The normalized spacial score (nSPS) is 11.4. The molecule has 0 saturated carbocycles. The largest absolute Gasteiger partial charge is 0.375 e. The quantitative estimate of drug-likeness (QED) is 0.494. The lowest BCUT2D eigenvalue weighted by molar-refractivity contribution is 0.0183. The molecule has 0 fully saturated rings. The molecule has 120 valence electrons. The summed E-state index contributed by atoms with van der Waals surface area (Å²) in [5.74, 6) is 1.73. The van der Waals surface area contributed by atoms with Crippen LogP contribution in [0.3, 0.4) is 0 Å². The summed E-state index contributed by atoms with van der Waals surface area (Å²) in [4.78, 5) is 9.00. The van der Waals surface area contributed by atoms with Gasteiger partial charge < -0.3 is 10.1 Å². The first-order valence-electron chi connectivity index (χ1n) is 7.11. The van der Waals surface area contributed by atoms with Crippen LogP contribution in [0.4, 0.5) is 14.6 Å². The minimum absolute atomic E-state index is 0.204. The van der Waals surface area contributed by atoms with Gasteiger partial charge in [0.15, 0.2) is 0 Å². The maximum Gasteiger partial charge on any atom is 0.261 e. The van der Waals surface area contributed by atoms with Crippen molar-refractivity contribution in [1.29, 1.82) is 0 Å². The molecule has 0 saturated heterocycles. The van der Waals surface area contributed by atoms with Crippen LogP contribution < -0.4 is 5.32 Å². The highest BCUT2D eigenvalue weighted by atomic mass is 127. The number of nitrogens with one attached hydrogen (secondary N) is 1. The van der Waals surface area contributed by atoms with Gasteiger partial charge in [-0.3, -0.25) is 0 Å². The van der Waals surface area contributed by atoms with E-state index in [1.807, 2.05) is 0 Å². The van der Waals surface area contributed by atoms with Crippen LogP contribution in [-0.2, 0) is 11.2 Å². The second-order valence-corrected chi connectivity index (χ2v) is 6.06. The fourth-order valence-corrected chi connectivity index (χ4v) is 2.76. The Morgan fingerprint density at radius 3 is 2.57 bits per heavy atom. The van der Waals surface area contributed by atoms with Crippen molar-refractivity contribution < 1.29 is 13.5 Å². The van der Waals surface area contributed by atoms with Crippen molar-refractivity contribution in [2.75, 3.05) is 25.1 Å². The van der Waals surface area contributed by atoms with Gasteiger partial charge in [-0.2, -0.15) is 0 Å². The molecular weight excluding hydrogens is 391 g/mol. The van der Waals surface area contributed by atoms with E-state index in [0.29, 0.717) is 12.2 Å². The Morgan fingerprint density at radius 2 is 2.00 bits per heavy atom. The SMILES string of the molecule is CCCNc1nc(CCOCC(F)F)nc(C(C)C)c1I.